The standard InChI is InChI=1S/C16H18N2OS/c1-11-15(20-12(2)17-11)10-16(19)18-9-5-7-13-6-3-4-8-14(13)18/h3-4,6,8H,5,7,9-10H2,1-2H3. The van der Waals surface area contributed by atoms with Crippen molar-refractivity contribution in [2.24, 2.45) is 0 Å². The van der Waals surface area contributed by atoms with E-state index < -0.39 is 0 Å². The molecule has 3 rings (SSSR count). The summed E-state index contributed by atoms with van der Waals surface area (Å²) in [4.78, 5) is 20.0. The molecule has 1 aromatic carbocycles. The highest BCUT2D eigenvalue weighted by atomic mass is 32.1. The zero-order chi connectivity index (χ0) is 14.1. The topological polar surface area (TPSA) is 33.2 Å². The summed E-state index contributed by atoms with van der Waals surface area (Å²) in [7, 11) is 0. The second-order valence-corrected chi connectivity index (χ2v) is 6.48. The van der Waals surface area contributed by atoms with E-state index in [1.165, 1.54) is 5.56 Å². The van der Waals surface area contributed by atoms with Crippen molar-refractivity contribution in [3.63, 3.8) is 0 Å². The highest BCUT2D eigenvalue weighted by molar-refractivity contribution is 7.11. The maximum Gasteiger partial charge on any atom is 0.232 e. The van der Waals surface area contributed by atoms with Gasteiger partial charge in [0.25, 0.3) is 0 Å². The largest absolute Gasteiger partial charge is 0.312 e. The lowest BCUT2D eigenvalue weighted by molar-refractivity contribution is -0.118. The van der Waals surface area contributed by atoms with Gasteiger partial charge in [0.05, 0.1) is 17.1 Å². The number of nitrogens with zero attached hydrogens (tertiary/aromatic N) is 2. The fraction of sp³-hybridized carbons (Fsp3) is 0.375. The van der Waals surface area contributed by atoms with Crippen molar-refractivity contribution < 1.29 is 4.79 Å². The molecule has 1 amide bonds. The van der Waals surface area contributed by atoms with Crippen LogP contribution in [0.2, 0.25) is 0 Å². The molecule has 4 heteroatoms. The van der Waals surface area contributed by atoms with Gasteiger partial charge < -0.3 is 4.90 Å². The van der Waals surface area contributed by atoms with Crippen LogP contribution in [0.25, 0.3) is 0 Å². The van der Waals surface area contributed by atoms with E-state index in [2.05, 4.69) is 17.1 Å². The molecule has 0 saturated heterocycles. The summed E-state index contributed by atoms with van der Waals surface area (Å²) in [6.45, 7) is 4.80. The lowest BCUT2D eigenvalue weighted by Gasteiger charge is -2.29. The summed E-state index contributed by atoms with van der Waals surface area (Å²) in [6.07, 6.45) is 2.58. The summed E-state index contributed by atoms with van der Waals surface area (Å²) in [5.74, 6) is 0.184. The van der Waals surface area contributed by atoms with E-state index in [0.29, 0.717) is 6.42 Å². The second kappa shape index (κ2) is 5.37. The van der Waals surface area contributed by atoms with Gasteiger partial charge >= 0.3 is 0 Å². The van der Waals surface area contributed by atoms with Crippen molar-refractivity contribution in [1.82, 2.24) is 4.98 Å². The number of aryl methyl sites for hydroxylation is 3. The van der Waals surface area contributed by atoms with Gasteiger partial charge in [-0.3, -0.25) is 4.79 Å². The normalized spacial score (nSPS) is 14.2. The molecule has 1 aromatic heterocycles. The van der Waals surface area contributed by atoms with E-state index in [-0.39, 0.29) is 5.91 Å². The van der Waals surface area contributed by atoms with Gasteiger partial charge in [-0.2, -0.15) is 0 Å². The van der Waals surface area contributed by atoms with Crippen molar-refractivity contribution >= 4 is 22.9 Å². The van der Waals surface area contributed by atoms with Gasteiger partial charge in [-0.05, 0) is 38.3 Å². The van der Waals surface area contributed by atoms with Crippen molar-refractivity contribution in [1.29, 1.82) is 0 Å². The van der Waals surface area contributed by atoms with Gasteiger partial charge in [0.15, 0.2) is 0 Å². The minimum atomic E-state index is 0.184. The maximum absolute atomic E-state index is 12.6. The van der Waals surface area contributed by atoms with Crippen LogP contribution in [0.1, 0.15) is 27.6 Å². The molecular formula is C16H18N2OS. The number of anilines is 1. The second-order valence-electron chi connectivity index (χ2n) is 5.20. The number of rotatable bonds is 2. The van der Waals surface area contributed by atoms with Crippen LogP contribution in [0.4, 0.5) is 5.69 Å². The molecule has 2 aromatic rings. The Hall–Kier alpha value is -1.68. The third kappa shape index (κ3) is 2.48. The van der Waals surface area contributed by atoms with Gasteiger partial charge in [-0.25, -0.2) is 4.98 Å². The van der Waals surface area contributed by atoms with Gasteiger partial charge in [0, 0.05) is 17.1 Å². The van der Waals surface area contributed by atoms with Crippen LogP contribution in [0.5, 0.6) is 0 Å². The molecule has 104 valence electrons. The van der Waals surface area contributed by atoms with E-state index in [9.17, 15) is 4.79 Å². The number of hydrogen-bond acceptors (Lipinski definition) is 3. The van der Waals surface area contributed by atoms with Crippen LogP contribution < -0.4 is 4.90 Å². The predicted molar refractivity (Wildman–Crippen MR) is 82.4 cm³/mol. The number of hydrogen-bond donors (Lipinski definition) is 0. The number of carbonyl (C=O) groups excluding carboxylic acids is 1. The van der Waals surface area contributed by atoms with Crippen LogP contribution in [0.3, 0.4) is 0 Å². The van der Waals surface area contributed by atoms with Crippen LogP contribution >= 0.6 is 11.3 Å². The molecule has 0 saturated carbocycles. The average molecular weight is 286 g/mol. The zero-order valence-electron chi connectivity index (χ0n) is 11.8. The fourth-order valence-corrected chi connectivity index (χ4v) is 3.69. The first-order valence-electron chi connectivity index (χ1n) is 6.96. The molecule has 0 bridgehead atoms. The van der Waals surface area contributed by atoms with Gasteiger partial charge in [0.1, 0.15) is 0 Å². The third-order valence-electron chi connectivity index (χ3n) is 3.72. The van der Waals surface area contributed by atoms with Crippen LogP contribution in [-0.2, 0) is 17.6 Å². The molecule has 0 N–H and O–H groups in total. The van der Waals surface area contributed by atoms with Crippen LogP contribution in [-0.4, -0.2) is 17.4 Å². The molecule has 20 heavy (non-hydrogen) atoms. The van der Waals surface area contributed by atoms with Crippen molar-refractivity contribution in [2.75, 3.05) is 11.4 Å². The van der Waals surface area contributed by atoms with E-state index in [4.69, 9.17) is 0 Å². The summed E-state index contributed by atoms with van der Waals surface area (Å²) >= 11 is 1.63. The van der Waals surface area contributed by atoms with E-state index in [1.807, 2.05) is 30.9 Å². The highest BCUT2D eigenvalue weighted by Gasteiger charge is 2.23. The Morgan fingerprint density at radius 1 is 1.35 bits per heavy atom. The van der Waals surface area contributed by atoms with Crippen molar-refractivity contribution in [2.45, 2.75) is 33.1 Å². The number of aromatic nitrogens is 1. The van der Waals surface area contributed by atoms with Crippen LogP contribution in [0, 0.1) is 13.8 Å². The number of fused-ring (bicyclic) bond motifs is 1. The number of para-hydroxylation sites is 1. The third-order valence-corrected chi connectivity index (χ3v) is 4.80. The maximum atomic E-state index is 12.6. The van der Waals surface area contributed by atoms with Gasteiger partial charge in [-0.15, -0.1) is 11.3 Å². The fourth-order valence-electron chi connectivity index (χ4n) is 2.76. The van der Waals surface area contributed by atoms with E-state index >= 15 is 0 Å². The molecule has 3 nitrogen and oxygen atoms in total. The molecule has 0 spiro atoms. The minimum Gasteiger partial charge on any atom is -0.312 e. The molecule has 0 fully saturated rings. The monoisotopic (exact) mass is 286 g/mol. The molecule has 2 heterocycles. The predicted octanol–water partition coefficient (Wildman–Crippen LogP) is 3.28. The summed E-state index contributed by atoms with van der Waals surface area (Å²) in [5, 5.41) is 1.03. The Morgan fingerprint density at radius 3 is 2.90 bits per heavy atom. The molecule has 0 unspecified atom stereocenters. The SMILES string of the molecule is Cc1nc(C)c(CC(=O)N2CCCc3ccccc32)s1. The number of amides is 1. The van der Waals surface area contributed by atoms with Crippen molar-refractivity contribution in [3.8, 4) is 0 Å². The Kier molecular flexibility index (Phi) is 3.57. The molecule has 1 aliphatic heterocycles. The molecule has 1 aliphatic rings. The number of carbonyl (C=O) groups is 1. The Balaban J connectivity index is 1.83. The first-order valence-corrected chi connectivity index (χ1v) is 7.78. The molecule has 0 aliphatic carbocycles. The first kappa shape index (κ1) is 13.3. The number of thiazole rings is 1. The smallest absolute Gasteiger partial charge is 0.232 e. The lowest BCUT2D eigenvalue weighted by atomic mass is 10.0. The lowest BCUT2D eigenvalue weighted by Crippen LogP contribution is -2.36. The van der Waals surface area contributed by atoms with E-state index in [1.54, 1.807) is 11.3 Å². The van der Waals surface area contributed by atoms with Crippen LogP contribution in [0.15, 0.2) is 24.3 Å². The first-order chi connectivity index (χ1) is 9.65. The highest BCUT2D eigenvalue weighted by Crippen LogP contribution is 2.28. The Labute approximate surface area is 123 Å². The molecular weight excluding hydrogens is 268 g/mol. The van der Waals surface area contributed by atoms with Gasteiger partial charge in [0.2, 0.25) is 5.91 Å². The molecule has 0 radical (unpaired) electrons. The Bertz CT molecular complexity index is 648. The van der Waals surface area contributed by atoms with Gasteiger partial charge in [-0.1, -0.05) is 18.2 Å². The summed E-state index contributed by atoms with van der Waals surface area (Å²) in [6, 6.07) is 8.23. The quantitative estimate of drug-likeness (QED) is 0.849. The number of benzene rings is 1. The minimum absolute atomic E-state index is 0.184. The Morgan fingerprint density at radius 2 is 2.15 bits per heavy atom. The van der Waals surface area contributed by atoms with E-state index in [0.717, 1.165) is 40.7 Å². The molecule has 0 atom stereocenters. The van der Waals surface area contributed by atoms with Crippen molar-refractivity contribution in [3.05, 3.63) is 45.4 Å². The zero-order valence-corrected chi connectivity index (χ0v) is 12.7. The summed E-state index contributed by atoms with van der Waals surface area (Å²) < 4.78 is 0. The average Bonchev–Trinajstić information content (AvgIpc) is 2.76. The summed E-state index contributed by atoms with van der Waals surface area (Å²) in [5.41, 5.74) is 3.36.